The highest BCUT2D eigenvalue weighted by molar-refractivity contribution is 5.95. The molecule has 0 unspecified atom stereocenters. The molecule has 168 valence electrons. The van der Waals surface area contributed by atoms with E-state index in [9.17, 15) is 9.59 Å². The molecule has 0 fully saturated rings. The summed E-state index contributed by atoms with van der Waals surface area (Å²) in [6.07, 6.45) is 1.95. The first-order valence-electron chi connectivity index (χ1n) is 10.3. The van der Waals surface area contributed by atoms with E-state index in [-0.39, 0.29) is 30.7 Å². The molecule has 1 amide bonds. The maximum absolute atomic E-state index is 12.5. The third-order valence-corrected chi connectivity index (χ3v) is 4.53. The van der Waals surface area contributed by atoms with Gasteiger partial charge >= 0.3 is 5.97 Å². The molecule has 0 aliphatic rings. The molecule has 9 nitrogen and oxygen atoms in total. The summed E-state index contributed by atoms with van der Waals surface area (Å²) in [6, 6.07) is 14.2. The summed E-state index contributed by atoms with van der Waals surface area (Å²) in [7, 11) is 1.53. The number of esters is 1. The van der Waals surface area contributed by atoms with Gasteiger partial charge in [0.15, 0.2) is 12.4 Å². The summed E-state index contributed by atoms with van der Waals surface area (Å²) in [5.74, 6) is 0.00941. The lowest BCUT2D eigenvalue weighted by atomic mass is 10.1. The van der Waals surface area contributed by atoms with Crippen LogP contribution in [0.15, 0.2) is 53.1 Å². The molecule has 0 aliphatic carbocycles. The zero-order chi connectivity index (χ0) is 22.8. The van der Waals surface area contributed by atoms with Gasteiger partial charge in [-0.3, -0.25) is 4.79 Å². The molecule has 0 bridgehead atoms. The molecule has 3 aromatic rings. The molecule has 2 aromatic carbocycles. The highest BCUT2D eigenvalue weighted by Crippen LogP contribution is 2.23. The second kappa shape index (κ2) is 11.5. The molecule has 1 aromatic heterocycles. The number of unbranched alkanes of at least 4 members (excludes halogenated alkanes) is 1. The van der Waals surface area contributed by atoms with E-state index < -0.39 is 5.97 Å². The van der Waals surface area contributed by atoms with Gasteiger partial charge in [-0.1, -0.05) is 42.8 Å². The van der Waals surface area contributed by atoms with Gasteiger partial charge in [0, 0.05) is 12.2 Å². The fourth-order valence-corrected chi connectivity index (χ4v) is 2.93. The lowest BCUT2D eigenvalue weighted by molar-refractivity contribution is -0.115. The van der Waals surface area contributed by atoms with Crippen LogP contribution in [0.2, 0.25) is 0 Å². The number of carbonyl (C=O) groups is 2. The Morgan fingerprint density at radius 1 is 1.06 bits per heavy atom. The van der Waals surface area contributed by atoms with Crippen molar-refractivity contribution in [1.29, 1.82) is 0 Å². The van der Waals surface area contributed by atoms with E-state index in [0.29, 0.717) is 22.7 Å². The SMILES string of the molecule is CCCCNc1ccccc1C(=O)OCc1nc(CC(=O)Nc2ccccc2OC)no1. The monoisotopic (exact) mass is 438 g/mol. The van der Waals surface area contributed by atoms with Crippen molar-refractivity contribution in [3.8, 4) is 5.75 Å². The first-order chi connectivity index (χ1) is 15.6. The second-order valence-electron chi connectivity index (χ2n) is 6.93. The average molecular weight is 438 g/mol. The maximum atomic E-state index is 12.5. The normalized spacial score (nSPS) is 10.4. The van der Waals surface area contributed by atoms with Crippen molar-refractivity contribution in [2.75, 3.05) is 24.3 Å². The van der Waals surface area contributed by atoms with Crippen LogP contribution >= 0.6 is 0 Å². The molecule has 3 rings (SSSR count). The van der Waals surface area contributed by atoms with Gasteiger partial charge in [-0.15, -0.1) is 0 Å². The van der Waals surface area contributed by atoms with E-state index in [0.717, 1.165) is 19.4 Å². The number of nitrogens with zero attached hydrogens (tertiary/aromatic N) is 2. The van der Waals surface area contributed by atoms with Crippen LogP contribution in [0, 0.1) is 0 Å². The van der Waals surface area contributed by atoms with E-state index in [1.54, 1.807) is 36.4 Å². The predicted molar refractivity (Wildman–Crippen MR) is 119 cm³/mol. The smallest absolute Gasteiger partial charge is 0.340 e. The van der Waals surface area contributed by atoms with Gasteiger partial charge in [-0.25, -0.2) is 4.79 Å². The number of hydrogen-bond acceptors (Lipinski definition) is 8. The van der Waals surface area contributed by atoms with Crippen LogP contribution in [0.1, 0.15) is 41.8 Å². The molecule has 0 radical (unpaired) electrons. The Morgan fingerprint density at radius 3 is 2.59 bits per heavy atom. The molecule has 0 saturated heterocycles. The van der Waals surface area contributed by atoms with Crippen LogP contribution in [-0.4, -0.2) is 35.7 Å². The molecule has 0 atom stereocenters. The Morgan fingerprint density at radius 2 is 1.81 bits per heavy atom. The topological polar surface area (TPSA) is 116 Å². The molecule has 32 heavy (non-hydrogen) atoms. The number of benzene rings is 2. The minimum Gasteiger partial charge on any atom is -0.495 e. The summed E-state index contributed by atoms with van der Waals surface area (Å²) in [4.78, 5) is 28.9. The van der Waals surface area contributed by atoms with E-state index in [1.807, 2.05) is 12.1 Å². The maximum Gasteiger partial charge on any atom is 0.340 e. The summed E-state index contributed by atoms with van der Waals surface area (Å²) in [5, 5.41) is 9.76. The highest BCUT2D eigenvalue weighted by atomic mass is 16.6. The quantitative estimate of drug-likeness (QED) is 0.343. The van der Waals surface area contributed by atoms with Crippen LogP contribution in [0.5, 0.6) is 5.75 Å². The van der Waals surface area contributed by atoms with Gasteiger partial charge in [0.1, 0.15) is 5.75 Å². The van der Waals surface area contributed by atoms with Crippen LogP contribution in [-0.2, 0) is 22.6 Å². The molecule has 9 heteroatoms. The lowest BCUT2D eigenvalue weighted by Crippen LogP contribution is -2.15. The van der Waals surface area contributed by atoms with Crippen LogP contribution in [0.4, 0.5) is 11.4 Å². The Hall–Kier alpha value is -3.88. The van der Waals surface area contributed by atoms with Crippen molar-refractivity contribution in [3.63, 3.8) is 0 Å². The third-order valence-electron chi connectivity index (χ3n) is 4.53. The highest BCUT2D eigenvalue weighted by Gasteiger charge is 2.16. The fourth-order valence-electron chi connectivity index (χ4n) is 2.93. The number of hydrogen-bond donors (Lipinski definition) is 2. The van der Waals surface area contributed by atoms with Gasteiger partial charge in [0.25, 0.3) is 5.89 Å². The van der Waals surface area contributed by atoms with Crippen molar-refractivity contribution in [2.45, 2.75) is 32.8 Å². The number of aromatic nitrogens is 2. The number of methoxy groups -OCH3 is 1. The molecule has 2 N–H and O–H groups in total. The van der Waals surface area contributed by atoms with Crippen LogP contribution < -0.4 is 15.4 Å². The summed E-state index contributed by atoms with van der Waals surface area (Å²) < 4.78 is 15.6. The standard InChI is InChI=1S/C23H26N4O5/c1-3-4-13-24-17-10-6-5-9-16(17)23(29)31-15-22-26-20(27-32-22)14-21(28)25-18-11-7-8-12-19(18)30-2/h5-12,24H,3-4,13-15H2,1-2H3,(H,25,28). The summed E-state index contributed by atoms with van der Waals surface area (Å²) >= 11 is 0. The largest absolute Gasteiger partial charge is 0.495 e. The molecule has 0 aliphatic heterocycles. The van der Waals surface area contributed by atoms with Crippen LogP contribution in [0.3, 0.4) is 0 Å². The van der Waals surface area contributed by atoms with Crippen molar-refractivity contribution < 1.29 is 23.6 Å². The predicted octanol–water partition coefficient (Wildman–Crippen LogP) is 3.83. The minimum absolute atomic E-state index is 0.0975. The molecular formula is C23H26N4O5. The van der Waals surface area contributed by atoms with E-state index >= 15 is 0 Å². The van der Waals surface area contributed by atoms with Crippen LogP contribution in [0.25, 0.3) is 0 Å². The Kier molecular flexibility index (Phi) is 8.19. The zero-order valence-electron chi connectivity index (χ0n) is 18.1. The Balaban J connectivity index is 1.53. The number of rotatable bonds is 11. The van der Waals surface area contributed by atoms with Gasteiger partial charge in [0.2, 0.25) is 5.91 Å². The second-order valence-corrected chi connectivity index (χ2v) is 6.93. The first-order valence-corrected chi connectivity index (χ1v) is 10.3. The Labute approximate surface area is 186 Å². The van der Waals surface area contributed by atoms with Gasteiger partial charge in [-0.2, -0.15) is 4.98 Å². The number of para-hydroxylation sites is 3. The number of amides is 1. The van der Waals surface area contributed by atoms with E-state index in [4.69, 9.17) is 14.0 Å². The zero-order valence-corrected chi connectivity index (χ0v) is 18.1. The molecule has 1 heterocycles. The lowest BCUT2D eigenvalue weighted by Gasteiger charge is -2.10. The first kappa shape index (κ1) is 22.8. The number of nitrogens with one attached hydrogen (secondary N) is 2. The molecular weight excluding hydrogens is 412 g/mol. The fraction of sp³-hybridized carbons (Fsp3) is 0.304. The van der Waals surface area contributed by atoms with Gasteiger partial charge in [0.05, 0.1) is 24.8 Å². The van der Waals surface area contributed by atoms with Gasteiger partial charge < -0.3 is 24.6 Å². The number of ether oxygens (including phenoxy) is 2. The van der Waals surface area contributed by atoms with Gasteiger partial charge in [-0.05, 0) is 30.7 Å². The number of anilines is 2. The van der Waals surface area contributed by atoms with Crippen molar-refractivity contribution >= 4 is 23.3 Å². The minimum atomic E-state index is -0.502. The van der Waals surface area contributed by atoms with Crippen molar-refractivity contribution in [1.82, 2.24) is 10.1 Å². The van der Waals surface area contributed by atoms with E-state index in [2.05, 4.69) is 27.7 Å². The Bertz CT molecular complexity index is 1050. The molecule has 0 spiro atoms. The number of carbonyl (C=O) groups excluding carboxylic acids is 2. The van der Waals surface area contributed by atoms with Crippen molar-refractivity contribution in [2.24, 2.45) is 0 Å². The average Bonchev–Trinajstić information content (AvgIpc) is 3.25. The third kappa shape index (κ3) is 6.31. The molecule has 0 saturated carbocycles. The van der Waals surface area contributed by atoms with Crippen molar-refractivity contribution in [3.05, 3.63) is 65.8 Å². The van der Waals surface area contributed by atoms with E-state index in [1.165, 1.54) is 7.11 Å². The summed E-state index contributed by atoms with van der Waals surface area (Å²) in [6.45, 7) is 2.68. The summed E-state index contributed by atoms with van der Waals surface area (Å²) in [5.41, 5.74) is 1.69.